The lowest BCUT2D eigenvalue weighted by atomic mass is 9.84. The first-order chi connectivity index (χ1) is 12.0. The molecule has 0 bridgehead atoms. The van der Waals surface area contributed by atoms with Crippen LogP contribution in [0.3, 0.4) is 0 Å². The highest BCUT2D eigenvalue weighted by molar-refractivity contribution is 6.00. The third-order valence-electron chi connectivity index (χ3n) is 5.26. The molecule has 2 heterocycles. The fraction of sp³-hybridized carbons (Fsp3) is 0.350. The van der Waals surface area contributed by atoms with Crippen molar-refractivity contribution in [2.45, 2.75) is 25.3 Å². The molecule has 4 rings (SSSR count). The van der Waals surface area contributed by atoms with Gasteiger partial charge in [0.15, 0.2) is 0 Å². The van der Waals surface area contributed by atoms with Crippen LogP contribution in [-0.4, -0.2) is 30.9 Å². The van der Waals surface area contributed by atoms with Crippen LogP contribution in [0, 0.1) is 11.6 Å². The van der Waals surface area contributed by atoms with Crippen LogP contribution in [0.25, 0.3) is 11.1 Å². The van der Waals surface area contributed by atoms with Crippen molar-refractivity contribution >= 4 is 5.91 Å². The second-order valence-electron chi connectivity index (χ2n) is 7.00. The van der Waals surface area contributed by atoms with Crippen molar-refractivity contribution < 1.29 is 13.6 Å². The first-order valence-electron chi connectivity index (χ1n) is 8.62. The number of likely N-dealkylation sites (N-methyl/N-ethyl adjacent to an activating group) is 1. The number of nitrogens with one attached hydrogen (secondary N) is 1. The van der Waals surface area contributed by atoms with Crippen LogP contribution in [0.4, 0.5) is 8.78 Å². The summed E-state index contributed by atoms with van der Waals surface area (Å²) in [6, 6.07) is 7.29. The summed E-state index contributed by atoms with van der Waals surface area (Å²) in [6.45, 7) is 2.52. The topological polar surface area (TPSA) is 32.3 Å². The van der Waals surface area contributed by atoms with E-state index in [-0.39, 0.29) is 5.91 Å². The summed E-state index contributed by atoms with van der Waals surface area (Å²) >= 11 is 0. The molecule has 2 aromatic carbocycles. The molecule has 2 aromatic rings. The highest BCUT2D eigenvalue weighted by atomic mass is 19.1. The van der Waals surface area contributed by atoms with Gasteiger partial charge in [0.25, 0.3) is 5.91 Å². The van der Waals surface area contributed by atoms with Crippen molar-refractivity contribution in [3.63, 3.8) is 0 Å². The van der Waals surface area contributed by atoms with Crippen LogP contribution < -0.4 is 5.32 Å². The van der Waals surface area contributed by atoms with E-state index in [1.54, 1.807) is 6.07 Å². The van der Waals surface area contributed by atoms with E-state index < -0.39 is 11.6 Å². The maximum absolute atomic E-state index is 14.3. The predicted octanol–water partition coefficient (Wildman–Crippen LogP) is 3.68. The molecule has 2 aliphatic heterocycles. The van der Waals surface area contributed by atoms with Gasteiger partial charge >= 0.3 is 0 Å². The van der Waals surface area contributed by atoms with Gasteiger partial charge in [-0.25, -0.2) is 8.78 Å². The highest BCUT2D eigenvalue weighted by Crippen LogP contribution is 2.36. The van der Waals surface area contributed by atoms with E-state index >= 15 is 0 Å². The normalized spacial score (nSPS) is 20.4. The molecule has 1 fully saturated rings. The van der Waals surface area contributed by atoms with Gasteiger partial charge in [-0.2, -0.15) is 0 Å². The quantitative estimate of drug-likeness (QED) is 0.903. The van der Waals surface area contributed by atoms with E-state index in [9.17, 15) is 13.6 Å². The van der Waals surface area contributed by atoms with Crippen molar-refractivity contribution in [1.82, 2.24) is 10.2 Å². The number of benzene rings is 2. The summed E-state index contributed by atoms with van der Waals surface area (Å²) in [6.07, 6.45) is 2.16. The Morgan fingerprint density at radius 1 is 1.16 bits per heavy atom. The molecule has 5 heteroatoms. The molecule has 130 valence electrons. The van der Waals surface area contributed by atoms with E-state index in [1.165, 1.54) is 12.1 Å². The molecular formula is C20H20F2N2O. The van der Waals surface area contributed by atoms with Crippen molar-refractivity contribution in [3.8, 4) is 11.1 Å². The number of carbonyl (C=O) groups excluding carboxylic acids is 1. The van der Waals surface area contributed by atoms with Gasteiger partial charge in [0, 0.05) is 30.3 Å². The van der Waals surface area contributed by atoms with Crippen LogP contribution in [0.15, 0.2) is 30.3 Å². The molecule has 1 unspecified atom stereocenters. The maximum atomic E-state index is 14.3. The summed E-state index contributed by atoms with van der Waals surface area (Å²) in [5.41, 5.74) is 3.72. The molecule has 0 aliphatic carbocycles. The number of hydrogen-bond donors (Lipinski definition) is 1. The van der Waals surface area contributed by atoms with E-state index in [0.29, 0.717) is 29.2 Å². The van der Waals surface area contributed by atoms with Gasteiger partial charge < -0.3 is 10.2 Å². The molecule has 1 N–H and O–H groups in total. The van der Waals surface area contributed by atoms with Gasteiger partial charge in [0.05, 0.1) is 0 Å². The minimum Gasteiger partial charge on any atom is -0.348 e. The SMILES string of the molecule is CN1CCCC(c2cc(-c3ccc(F)cc3F)cc3c2CNC3=O)C1. The molecule has 0 spiro atoms. The molecule has 1 amide bonds. The van der Waals surface area contributed by atoms with E-state index in [1.807, 2.05) is 6.07 Å². The Bertz CT molecular complexity index is 850. The number of rotatable bonds is 2. The lowest BCUT2D eigenvalue weighted by molar-refractivity contribution is 0.0966. The number of amides is 1. The highest BCUT2D eigenvalue weighted by Gasteiger charge is 2.29. The minimum absolute atomic E-state index is 0.121. The second-order valence-corrected chi connectivity index (χ2v) is 7.00. The fourth-order valence-electron chi connectivity index (χ4n) is 4.02. The average molecular weight is 342 g/mol. The number of carbonyl (C=O) groups is 1. The number of nitrogens with zero attached hydrogens (tertiary/aromatic N) is 1. The number of likely N-dealkylation sites (tertiary alicyclic amines) is 1. The Kier molecular flexibility index (Phi) is 4.04. The summed E-state index contributed by atoms with van der Waals surface area (Å²) < 4.78 is 27.5. The van der Waals surface area contributed by atoms with Crippen LogP contribution in [0.2, 0.25) is 0 Å². The molecule has 25 heavy (non-hydrogen) atoms. The molecule has 1 saturated heterocycles. The molecule has 0 saturated carbocycles. The second kappa shape index (κ2) is 6.23. The molecule has 0 aromatic heterocycles. The first kappa shape index (κ1) is 16.2. The van der Waals surface area contributed by atoms with E-state index in [0.717, 1.165) is 43.1 Å². The van der Waals surface area contributed by atoms with Crippen molar-refractivity contribution in [1.29, 1.82) is 0 Å². The van der Waals surface area contributed by atoms with Gasteiger partial charge in [-0.15, -0.1) is 0 Å². The van der Waals surface area contributed by atoms with Crippen LogP contribution in [0.1, 0.15) is 40.2 Å². The fourth-order valence-corrected chi connectivity index (χ4v) is 4.02. The van der Waals surface area contributed by atoms with Gasteiger partial charge in [0.2, 0.25) is 0 Å². The number of halogens is 2. The number of hydrogen-bond acceptors (Lipinski definition) is 2. The van der Waals surface area contributed by atoms with E-state index in [4.69, 9.17) is 0 Å². The van der Waals surface area contributed by atoms with Crippen molar-refractivity contribution in [2.24, 2.45) is 0 Å². The Morgan fingerprint density at radius 2 is 2.00 bits per heavy atom. The van der Waals surface area contributed by atoms with Gasteiger partial charge in [0.1, 0.15) is 11.6 Å². The standard InChI is InChI=1S/C20H20F2N2O/c1-24-6-2-3-12(11-24)16-7-13(8-17-18(16)10-23-20(17)25)15-5-4-14(21)9-19(15)22/h4-5,7-9,12H,2-3,6,10-11H2,1H3,(H,23,25). The first-order valence-corrected chi connectivity index (χ1v) is 8.62. The zero-order valence-corrected chi connectivity index (χ0v) is 14.1. The van der Waals surface area contributed by atoms with Gasteiger partial charge in [-0.05, 0) is 67.2 Å². The summed E-state index contributed by atoms with van der Waals surface area (Å²) in [5, 5.41) is 2.87. The summed E-state index contributed by atoms with van der Waals surface area (Å²) in [4.78, 5) is 14.5. The Labute approximate surface area is 145 Å². The average Bonchev–Trinajstić information content (AvgIpc) is 2.95. The van der Waals surface area contributed by atoms with Gasteiger partial charge in [-0.1, -0.05) is 6.07 Å². The van der Waals surface area contributed by atoms with Crippen LogP contribution in [0.5, 0.6) is 0 Å². The smallest absolute Gasteiger partial charge is 0.251 e. The number of piperidine rings is 1. The largest absolute Gasteiger partial charge is 0.348 e. The molecule has 3 nitrogen and oxygen atoms in total. The third kappa shape index (κ3) is 2.93. The molecular weight excluding hydrogens is 322 g/mol. The number of fused-ring (bicyclic) bond motifs is 1. The van der Waals surface area contributed by atoms with Crippen molar-refractivity contribution in [3.05, 3.63) is 58.7 Å². The van der Waals surface area contributed by atoms with Crippen molar-refractivity contribution in [2.75, 3.05) is 20.1 Å². The molecule has 1 atom stereocenters. The molecule has 0 radical (unpaired) electrons. The lowest BCUT2D eigenvalue weighted by Gasteiger charge is -2.31. The summed E-state index contributed by atoms with van der Waals surface area (Å²) in [7, 11) is 2.10. The third-order valence-corrected chi connectivity index (χ3v) is 5.26. The monoisotopic (exact) mass is 342 g/mol. The van der Waals surface area contributed by atoms with Gasteiger partial charge in [-0.3, -0.25) is 4.79 Å². The van der Waals surface area contributed by atoms with Crippen LogP contribution in [-0.2, 0) is 6.54 Å². The van der Waals surface area contributed by atoms with Crippen LogP contribution >= 0.6 is 0 Å². The Hall–Kier alpha value is -2.27. The molecule has 2 aliphatic rings. The maximum Gasteiger partial charge on any atom is 0.251 e. The zero-order chi connectivity index (χ0) is 17.6. The predicted molar refractivity (Wildman–Crippen MR) is 92.4 cm³/mol. The van der Waals surface area contributed by atoms with E-state index in [2.05, 4.69) is 17.3 Å². The Balaban J connectivity index is 1.85. The lowest BCUT2D eigenvalue weighted by Crippen LogP contribution is -2.31. The Morgan fingerprint density at radius 3 is 2.76 bits per heavy atom. The summed E-state index contributed by atoms with van der Waals surface area (Å²) in [5.74, 6) is -1.01. The minimum atomic E-state index is -0.606. The zero-order valence-electron chi connectivity index (χ0n) is 14.1.